The fraction of sp³-hybridized carbons (Fsp3) is 0.385. The van der Waals surface area contributed by atoms with Gasteiger partial charge in [0.25, 0.3) is 0 Å². The SMILES string of the molecule is CC(O)c1ccc(S(=O)(=O)NCCc2nncn2C)cc1. The molecule has 1 atom stereocenters. The van der Waals surface area contributed by atoms with Crippen LogP contribution in [0.5, 0.6) is 0 Å². The van der Waals surface area contributed by atoms with Gasteiger partial charge in [-0.1, -0.05) is 12.1 Å². The maximum absolute atomic E-state index is 12.1. The summed E-state index contributed by atoms with van der Waals surface area (Å²) in [5.74, 6) is 0.710. The number of aromatic nitrogens is 3. The Morgan fingerprint density at radius 3 is 2.52 bits per heavy atom. The second-order valence-corrected chi connectivity index (χ2v) is 6.52. The lowest BCUT2D eigenvalue weighted by Crippen LogP contribution is -2.26. The Morgan fingerprint density at radius 1 is 1.33 bits per heavy atom. The van der Waals surface area contributed by atoms with Gasteiger partial charge in [0.2, 0.25) is 10.0 Å². The zero-order valence-electron chi connectivity index (χ0n) is 11.9. The number of hydrogen-bond acceptors (Lipinski definition) is 5. The van der Waals surface area contributed by atoms with Crippen LogP contribution in [0.15, 0.2) is 35.5 Å². The summed E-state index contributed by atoms with van der Waals surface area (Å²) in [5.41, 5.74) is 0.674. The maximum Gasteiger partial charge on any atom is 0.240 e. The zero-order chi connectivity index (χ0) is 15.5. The molecule has 0 fully saturated rings. The number of aryl methyl sites for hydroxylation is 1. The molecular weight excluding hydrogens is 292 g/mol. The van der Waals surface area contributed by atoms with Crippen LogP contribution < -0.4 is 4.72 Å². The van der Waals surface area contributed by atoms with E-state index in [1.54, 1.807) is 37.0 Å². The zero-order valence-corrected chi connectivity index (χ0v) is 12.7. The number of sulfonamides is 1. The second-order valence-electron chi connectivity index (χ2n) is 4.75. The number of aliphatic hydroxyl groups is 1. The molecule has 21 heavy (non-hydrogen) atoms. The quantitative estimate of drug-likeness (QED) is 0.804. The largest absolute Gasteiger partial charge is 0.389 e. The predicted molar refractivity (Wildman–Crippen MR) is 77.0 cm³/mol. The van der Waals surface area contributed by atoms with Crippen molar-refractivity contribution in [3.05, 3.63) is 42.0 Å². The summed E-state index contributed by atoms with van der Waals surface area (Å²) in [5, 5.41) is 17.0. The molecule has 0 aliphatic heterocycles. The van der Waals surface area contributed by atoms with Gasteiger partial charge in [-0.15, -0.1) is 10.2 Å². The molecule has 2 rings (SSSR count). The highest BCUT2D eigenvalue weighted by Crippen LogP contribution is 2.15. The van der Waals surface area contributed by atoms with E-state index in [4.69, 9.17) is 0 Å². The topological polar surface area (TPSA) is 97.1 Å². The van der Waals surface area contributed by atoms with Crippen molar-refractivity contribution < 1.29 is 13.5 Å². The lowest BCUT2D eigenvalue weighted by Gasteiger charge is -2.08. The van der Waals surface area contributed by atoms with E-state index in [2.05, 4.69) is 14.9 Å². The first-order valence-electron chi connectivity index (χ1n) is 6.51. The molecule has 7 nitrogen and oxygen atoms in total. The Morgan fingerprint density at radius 2 is 2.00 bits per heavy atom. The standard InChI is InChI=1S/C13H18N4O3S/c1-10(18)11-3-5-12(6-4-11)21(19,20)15-8-7-13-16-14-9-17(13)2/h3-6,9-10,15,18H,7-8H2,1-2H3. The minimum atomic E-state index is -3.56. The van der Waals surface area contributed by atoms with E-state index in [1.807, 2.05) is 0 Å². The van der Waals surface area contributed by atoms with E-state index < -0.39 is 16.1 Å². The van der Waals surface area contributed by atoms with Crippen molar-refractivity contribution in [2.75, 3.05) is 6.54 Å². The Hall–Kier alpha value is -1.77. The number of rotatable bonds is 6. The van der Waals surface area contributed by atoms with Crippen molar-refractivity contribution in [3.63, 3.8) is 0 Å². The van der Waals surface area contributed by atoms with Crippen molar-refractivity contribution >= 4 is 10.0 Å². The van der Waals surface area contributed by atoms with Crippen LogP contribution in [0.25, 0.3) is 0 Å². The van der Waals surface area contributed by atoms with Gasteiger partial charge in [0.15, 0.2) is 0 Å². The molecule has 114 valence electrons. The number of benzene rings is 1. The van der Waals surface area contributed by atoms with E-state index in [1.165, 1.54) is 12.1 Å². The van der Waals surface area contributed by atoms with Crippen molar-refractivity contribution in [2.45, 2.75) is 24.3 Å². The Labute approximate surface area is 123 Å². The Balaban J connectivity index is 1.99. The van der Waals surface area contributed by atoms with Crippen molar-refractivity contribution in [1.82, 2.24) is 19.5 Å². The Bertz CT molecular complexity index is 692. The summed E-state index contributed by atoms with van der Waals surface area (Å²) in [6.07, 6.45) is 1.41. The average Bonchev–Trinajstić information content (AvgIpc) is 2.84. The van der Waals surface area contributed by atoms with Gasteiger partial charge in [-0.05, 0) is 24.6 Å². The molecule has 1 aromatic carbocycles. The molecule has 0 aliphatic rings. The average molecular weight is 310 g/mol. The molecule has 8 heteroatoms. The number of aliphatic hydroxyl groups excluding tert-OH is 1. The highest BCUT2D eigenvalue weighted by molar-refractivity contribution is 7.89. The molecule has 0 spiro atoms. The highest BCUT2D eigenvalue weighted by atomic mass is 32.2. The molecule has 0 radical (unpaired) electrons. The Kier molecular flexibility index (Phi) is 4.71. The van der Waals surface area contributed by atoms with Gasteiger partial charge >= 0.3 is 0 Å². The molecule has 0 bridgehead atoms. The van der Waals surface area contributed by atoms with Crippen LogP contribution in [0.3, 0.4) is 0 Å². The van der Waals surface area contributed by atoms with Crippen molar-refractivity contribution in [1.29, 1.82) is 0 Å². The molecule has 0 saturated heterocycles. The van der Waals surface area contributed by atoms with Crippen LogP contribution in [0.2, 0.25) is 0 Å². The van der Waals surface area contributed by atoms with E-state index in [0.717, 1.165) is 0 Å². The fourth-order valence-corrected chi connectivity index (χ4v) is 2.87. The van der Waals surface area contributed by atoms with E-state index >= 15 is 0 Å². The molecule has 1 unspecified atom stereocenters. The first kappa shape index (κ1) is 15.6. The minimum absolute atomic E-state index is 0.171. The number of hydrogen-bond donors (Lipinski definition) is 2. The van der Waals surface area contributed by atoms with Crippen LogP contribution >= 0.6 is 0 Å². The van der Waals surface area contributed by atoms with Gasteiger partial charge in [-0.3, -0.25) is 0 Å². The summed E-state index contributed by atoms with van der Waals surface area (Å²) in [6.45, 7) is 1.87. The smallest absolute Gasteiger partial charge is 0.240 e. The summed E-state index contributed by atoms with van der Waals surface area (Å²) in [6, 6.07) is 6.16. The fourth-order valence-electron chi connectivity index (χ4n) is 1.84. The number of nitrogens with zero attached hydrogens (tertiary/aromatic N) is 3. The highest BCUT2D eigenvalue weighted by Gasteiger charge is 2.14. The molecule has 0 saturated carbocycles. The van der Waals surface area contributed by atoms with Gasteiger partial charge in [0, 0.05) is 20.0 Å². The van der Waals surface area contributed by atoms with Gasteiger partial charge in [-0.2, -0.15) is 0 Å². The van der Waals surface area contributed by atoms with E-state index in [-0.39, 0.29) is 11.4 Å². The summed E-state index contributed by atoms with van der Waals surface area (Å²) >= 11 is 0. The van der Waals surface area contributed by atoms with Crippen molar-refractivity contribution in [3.8, 4) is 0 Å². The molecule has 1 heterocycles. The summed E-state index contributed by atoms with van der Waals surface area (Å²) in [7, 11) is -1.75. The lowest BCUT2D eigenvalue weighted by molar-refractivity contribution is 0.199. The third kappa shape index (κ3) is 3.87. The lowest BCUT2D eigenvalue weighted by atomic mass is 10.1. The van der Waals surface area contributed by atoms with Crippen LogP contribution in [0.1, 0.15) is 24.4 Å². The molecule has 0 amide bonds. The minimum Gasteiger partial charge on any atom is -0.389 e. The monoisotopic (exact) mass is 310 g/mol. The van der Waals surface area contributed by atoms with Gasteiger partial charge in [0.1, 0.15) is 12.2 Å². The third-order valence-corrected chi connectivity index (χ3v) is 4.60. The summed E-state index contributed by atoms with van der Waals surface area (Å²) < 4.78 is 28.5. The molecule has 2 aromatic rings. The second kappa shape index (κ2) is 6.33. The van der Waals surface area contributed by atoms with Crippen LogP contribution in [-0.2, 0) is 23.5 Å². The first-order chi connectivity index (χ1) is 9.90. The van der Waals surface area contributed by atoms with Crippen molar-refractivity contribution in [2.24, 2.45) is 7.05 Å². The third-order valence-electron chi connectivity index (χ3n) is 3.12. The molecular formula is C13H18N4O3S. The number of nitrogens with one attached hydrogen (secondary N) is 1. The van der Waals surface area contributed by atoms with Gasteiger partial charge < -0.3 is 9.67 Å². The molecule has 1 aromatic heterocycles. The molecule has 2 N–H and O–H groups in total. The van der Waals surface area contributed by atoms with Crippen LogP contribution in [-0.4, -0.2) is 34.8 Å². The van der Waals surface area contributed by atoms with E-state index in [9.17, 15) is 13.5 Å². The molecule has 0 aliphatic carbocycles. The predicted octanol–water partition coefficient (Wildman–Crippen LogP) is 0.389. The first-order valence-corrected chi connectivity index (χ1v) is 7.99. The van der Waals surface area contributed by atoms with Crippen LogP contribution in [0, 0.1) is 0 Å². The normalized spacial score (nSPS) is 13.3. The maximum atomic E-state index is 12.1. The summed E-state index contributed by atoms with van der Waals surface area (Å²) in [4.78, 5) is 0.171. The van der Waals surface area contributed by atoms with E-state index in [0.29, 0.717) is 17.8 Å². The van der Waals surface area contributed by atoms with Gasteiger partial charge in [0.05, 0.1) is 11.0 Å². The van der Waals surface area contributed by atoms with Gasteiger partial charge in [-0.25, -0.2) is 13.1 Å². The van der Waals surface area contributed by atoms with Crippen LogP contribution in [0.4, 0.5) is 0 Å².